The van der Waals surface area contributed by atoms with Crippen LogP contribution in [0.1, 0.15) is 45.2 Å². The van der Waals surface area contributed by atoms with Crippen molar-refractivity contribution in [2.45, 2.75) is 46.0 Å². The Kier molecular flexibility index (Phi) is 9.33. The number of hydrogen-bond donors (Lipinski definition) is 2. The quantitative estimate of drug-likeness (QED) is 0.499. The van der Waals surface area contributed by atoms with Crippen molar-refractivity contribution in [3.63, 3.8) is 0 Å². The largest absolute Gasteiger partial charge is 0.508 e. The highest BCUT2D eigenvalue weighted by Gasteiger charge is 2.39. The van der Waals surface area contributed by atoms with E-state index in [0.717, 1.165) is 30.6 Å². The fraction of sp³-hybridized carbons (Fsp3) is 0.517. The fourth-order valence-electron chi connectivity index (χ4n) is 4.84. The maximum atomic E-state index is 13.2. The molecule has 3 atom stereocenters. The summed E-state index contributed by atoms with van der Waals surface area (Å²) in [4.78, 5) is 27.5. The van der Waals surface area contributed by atoms with E-state index in [9.17, 15) is 14.7 Å². The molecule has 0 aromatic heterocycles. The van der Waals surface area contributed by atoms with Crippen LogP contribution in [0.4, 0.5) is 0 Å². The van der Waals surface area contributed by atoms with Crippen molar-refractivity contribution in [1.29, 1.82) is 0 Å². The number of nitrogens with zero attached hydrogens (tertiary/aromatic N) is 1. The molecule has 6 nitrogen and oxygen atoms in total. The Labute approximate surface area is 209 Å². The first-order valence-electron chi connectivity index (χ1n) is 12.7. The molecule has 0 radical (unpaired) electrons. The van der Waals surface area contributed by atoms with Crippen LogP contribution in [0, 0.1) is 17.8 Å². The third-order valence-corrected chi connectivity index (χ3v) is 7.23. The molecule has 1 amide bonds. The van der Waals surface area contributed by atoms with Crippen molar-refractivity contribution in [3.8, 4) is 5.75 Å². The van der Waals surface area contributed by atoms with Crippen LogP contribution in [0.3, 0.4) is 0 Å². The van der Waals surface area contributed by atoms with E-state index in [1.807, 2.05) is 56.3 Å². The van der Waals surface area contributed by atoms with E-state index in [1.165, 1.54) is 0 Å². The number of ether oxygens (including phenoxy) is 1. The highest BCUT2D eigenvalue weighted by atomic mass is 16.5. The third-order valence-electron chi connectivity index (χ3n) is 7.23. The van der Waals surface area contributed by atoms with Gasteiger partial charge in [-0.2, -0.15) is 0 Å². The average Bonchev–Trinajstić information content (AvgIpc) is 2.83. The number of aromatic hydroxyl groups is 1. The van der Waals surface area contributed by atoms with Gasteiger partial charge in [-0.05, 0) is 59.9 Å². The Morgan fingerprint density at radius 3 is 2.57 bits per heavy atom. The topological polar surface area (TPSA) is 78.9 Å². The fourth-order valence-corrected chi connectivity index (χ4v) is 4.84. The van der Waals surface area contributed by atoms with Crippen LogP contribution in [0.25, 0.3) is 0 Å². The Bertz CT molecular complexity index is 978. The molecule has 1 aliphatic heterocycles. The second kappa shape index (κ2) is 12.2. The molecule has 0 unspecified atom stereocenters. The van der Waals surface area contributed by atoms with Gasteiger partial charge in [-0.25, -0.2) is 0 Å². The predicted molar refractivity (Wildman–Crippen MR) is 138 cm³/mol. The van der Waals surface area contributed by atoms with E-state index in [4.69, 9.17) is 4.74 Å². The van der Waals surface area contributed by atoms with Gasteiger partial charge in [-0.15, -0.1) is 0 Å². The summed E-state index contributed by atoms with van der Waals surface area (Å²) in [6.45, 7) is 11.1. The summed E-state index contributed by atoms with van der Waals surface area (Å²) in [5, 5.41) is 12.8. The van der Waals surface area contributed by atoms with Gasteiger partial charge in [0.05, 0.1) is 12.5 Å². The molecule has 0 spiro atoms. The lowest BCUT2D eigenvalue weighted by Crippen LogP contribution is -2.50. The average molecular weight is 481 g/mol. The zero-order valence-electron chi connectivity index (χ0n) is 21.5. The molecule has 1 saturated heterocycles. The molecular formula is C29H40N2O4. The van der Waals surface area contributed by atoms with E-state index in [0.29, 0.717) is 31.2 Å². The minimum Gasteiger partial charge on any atom is -0.508 e. The van der Waals surface area contributed by atoms with Crippen molar-refractivity contribution in [3.05, 3.63) is 65.7 Å². The summed E-state index contributed by atoms with van der Waals surface area (Å²) < 4.78 is 5.21. The normalized spacial score (nSPS) is 21.5. The molecule has 0 saturated carbocycles. The molecule has 190 valence electrons. The summed E-state index contributed by atoms with van der Waals surface area (Å²) >= 11 is 0. The van der Waals surface area contributed by atoms with Gasteiger partial charge < -0.3 is 20.1 Å². The molecule has 6 heteroatoms. The number of carbonyl (C=O) groups excluding carboxylic acids is 2. The van der Waals surface area contributed by atoms with Crippen LogP contribution in [-0.4, -0.2) is 54.7 Å². The molecule has 2 aromatic carbocycles. The van der Waals surface area contributed by atoms with Gasteiger partial charge in [0.1, 0.15) is 12.3 Å². The van der Waals surface area contributed by atoms with Crippen molar-refractivity contribution in [2.75, 3.05) is 32.8 Å². The molecule has 2 N–H and O–H groups in total. The van der Waals surface area contributed by atoms with E-state index < -0.39 is 5.97 Å². The van der Waals surface area contributed by atoms with Crippen LogP contribution in [0.5, 0.6) is 5.75 Å². The second-order valence-electron chi connectivity index (χ2n) is 10.6. The van der Waals surface area contributed by atoms with Gasteiger partial charge >= 0.3 is 5.97 Å². The first kappa shape index (κ1) is 26.7. The Hall–Kier alpha value is -2.86. The first-order chi connectivity index (χ1) is 16.7. The maximum absolute atomic E-state index is 13.2. The van der Waals surface area contributed by atoms with Gasteiger partial charge in [0.15, 0.2) is 0 Å². The lowest BCUT2D eigenvalue weighted by atomic mass is 9.68. The smallest absolute Gasteiger partial charge is 0.325 e. The Morgan fingerprint density at radius 2 is 1.91 bits per heavy atom. The number of likely N-dealkylation sites (tertiary alicyclic amines) is 1. The van der Waals surface area contributed by atoms with Gasteiger partial charge in [-0.3, -0.25) is 9.59 Å². The second-order valence-corrected chi connectivity index (χ2v) is 10.6. The van der Waals surface area contributed by atoms with Crippen LogP contribution in [0.15, 0.2) is 54.6 Å². The summed E-state index contributed by atoms with van der Waals surface area (Å²) in [5.41, 5.74) is 2.22. The molecule has 0 bridgehead atoms. The lowest BCUT2D eigenvalue weighted by molar-refractivity contribution is -0.145. The number of benzene rings is 2. The van der Waals surface area contributed by atoms with Crippen LogP contribution >= 0.6 is 0 Å². The predicted octanol–water partition coefficient (Wildman–Crippen LogP) is 4.17. The SMILES string of the molecule is CC(C)COC(=O)CNC(=O)[C@H](Cc1ccccc1)CN1CC[C@@](C)(c2cccc(O)c2)[C@@H](C)C1. The number of piperidine rings is 1. The number of rotatable bonds is 10. The third kappa shape index (κ3) is 7.56. The van der Waals surface area contributed by atoms with Gasteiger partial charge in [0, 0.05) is 13.1 Å². The van der Waals surface area contributed by atoms with Crippen molar-refractivity contribution in [1.82, 2.24) is 10.2 Å². The lowest BCUT2D eigenvalue weighted by Gasteiger charge is -2.45. The van der Waals surface area contributed by atoms with Crippen molar-refractivity contribution < 1.29 is 19.4 Å². The zero-order chi connectivity index (χ0) is 25.4. The van der Waals surface area contributed by atoms with E-state index in [-0.39, 0.29) is 29.7 Å². The number of amides is 1. The van der Waals surface area contributed by atoms with E-state index in [2.05, 4.69) is 30.1 Å². The van der Waals surface area contributed by atoms with E-state index >= 15 is 0 Å². The Morgan fingerprint density at radius 1 is 1.17 bits per heavy atom. The monoisotopic (exact) mass is 480 g/mol. The standard InChI is InChI=1S/C29H40N2O4/c1-21(2)20-35-27(33)17-30-28(34)24(15-23-9-6-5-7-10-23)19-31-14-13-29(4,22(3)18-31)25-11-8-12-26(32)16-25/h5-12,16,21-22,24,32H,13-15,17-20H2,1-4H3,(H,30,34)/t22-,24+,29+/m0/s1. The van der Waals surface area contributed by atoms with Gasteiger partial charge in [0.2, 0.25) is 5.91 Å². The van der Waals surface area contributed by atoms with Crippen molar-refractivity contribution in [2.24, 2.45) is 17.8 Å². The number of nitrogens with one attached hydrogen (secondary N) is 1. The molecule has 1 heterocycles. The number of carbonyl (C=O) groups is 2. The molecular weight excluding hydrogens is 440 g/mol. The minimum atomic E-state index is -0.404. The number of esters is 1. The molecule has 1 aliphatic rings. The molecule has 2 aromatic rings. The number of phenols is 1. The van der Waals surface area contributed by atoms with E-state index in [1.54, 1.807) is 6.07 Å². The highest BCUT2D eigenvalue weighted by Crippen LogP contribution is 2.40. The zero-order valence-corrected chi connectivity index (χ0v) is 21.5. The summed E-state index contributed by atoms with van der Waals surface area (Å²) in [6, 6.07) is 17.6. The van der Waals surface area contributed by atoms with Crippen molar-refractivity contribution >= 4 is 11.9 Å². The molecule has 1 fully saturated rings. The van der Waals surface area contributed by atoms with Gasteiger partial charge in [0.25, 0.3) is 0 Å². The molecule has 3 rings (SSSR count). The van der Waals surface area contributed by atoms with Crippen LogP contribution in [0.2, 0.25) is 0 Å². The van der Waals surface area contributed by atoms with Crippen LogP contribution in [-0.2, 0) is 26.2 Å². The Balaban J connectivity index is 1.65. The maximum Gasteiger partial charge on any atom is 0.325 e. The summed E-state index contributed by atoms with van der Waals surface area (Å²) in [5.74, 6) is 0.109. The van der Waals surface area contributed by atoms with Crippen LogP contribution < -0.4 is 5.32 Å². The first-order valence-corrected chi connectivity index (χ1v) is 12.7. The molecule has 0 aliphatic carbocycles. The minimum absolute atomic E-state index is 0.0351. The van der Waals surface area contributed by atoms with Gasteiger partial charge in [-0.1, -0.05) is 70.2 Å². The molecule has 35 heavy (non-hydrogen) atoms. The number of hydrogen-bond acceptors (Lipinski definition) is 5. The summed E-state index contributed by atoms with van der Waals surface area (Å²) in [7, 11) is 0. The number of phenolic OH excluding ortho intramolecular Hbond substituents is 1. The highest BCUT2D eigenvalue weighted by molar-refractivity contribution is 5.83. The summed E-state index contributed by atoms with van der Waals surface area (Å²) in [6.07, 6.45) is 1.56.